The van der Waals surface area contributed by atoms with E-state index >= 15 is 0 Å². The van der Waals surface area contributed by atoms with E-state index in [0.717, 1.165) is 0 Å². The molecule has 0 unspecified atom stereocenters. The maximum atomic E-state index is 10.1. The zero-order valence-electron chi connectivity index (χ0n) is 2.69. The topological polar surface area (TPSA) is 34.1 Å². The summed E-state index contributed by atoms with van der Waals surface area (Å²) >= 11 is -6.25. The molecule has 0 saturated heterocycles. The van der Waals surface area contributed by atoms with Crippen molar-refractivity contribution in [3.63, 3.8) is 0 Å². The van der Waals surface area contributed by atoms with E-state index in [1.165, 1.54) is 0 Å². The standard InChI is InChI=1S/Cr.2FH.2O.Zn/h;2*1H;;;/q+2;;;;;/p-2. The van der Waals surface area contributed by atoms with Crippen LogP contribution in [0.5, 0.6) is 0 Å². The van der Waals surface area contributed by atoms with Gasteiger partial charge in [0.25, 0.3) is 0 Å². The monoisotopic (exact) mass is 186 g/mol. The molecule has 0 fully saturated rings. The van der Waals surface area contributed by atoms with Gasteiger partial charge in [-0.25, -0.2) is 0 Å². The third-order valence-corrected chi connectivity index (χ3v) is 0. The van der Waals surface area contributed by atoms with Crippen LogP contribution < -0.4 is 0 Å². The maximum Gasteiger partial charge on any atom is 0 e. The Morgan fingerprint density at radius 2 is 1.17 bits per heavy atom. The molecule has 0 aliphatic heterocycles. The first kappa shape index (κ1) is 9.79. The Morgan fingerprint density at radius 3 is 1.17 bits per heavy atom. The summed E-state index contributed by atoms with van der Waals surface area (Å²) in [6, 6.07) is 0. The van der Waals surface area contributed by atoms with Gasteiger partial charge >= 0.3 is 28.5 Å². The third-order valence-electron chi connectivity index (χ3n) is 0. The number of halogens is 2. The first-order chi connectivity index (χ1) is 2.00. The average molecular weight is 187 g/mol. The van der Waals surface area contributed by atoms with Gasteiger partial charge in [0, 0.05) is 19.5 Å². The fourth-order valence-corrected chi connectivity index (χ4v) is 0. The average Bonchev–Trinajstić information content (AvgIpc) is 0.722. The van der Waals surface area contributed by atoms with Gasteiger partial charge in [0.1, 0.15) is 0 Å². The number of rotatable bonds is 0. The summed E-state index contributed by atoms with van der Waals surface area (Å²) in [6.07, 6.45) is 0. The van der Waals surface area contributed by atoms with Crippen LogP contribution in [0, 0.1) is 0 Å². The molecule has 6 heavy (non-hydrogen) atoms. The van der Waals surface area contributed by atoms with Gasteiger partial charge < -0.3 is 0 Å². The van der Waals surface area contributed by atoms with Crippen LogP contribution in [0.1, 0.15) is 0 Å². The van der Waals surface area contributed by atoms with Crippen LogP contribution in [0.25, 0.3) is 0 Å². The Kier molecular flexibility index (Phi) is 4.46. The molecule has 0 aromatic rings. The molecule has 0 aromatic carbocycles. The summed E-state index contributed by atoms with van der Waals surface area (Å²) in [5, 5.41) is 0. The van der Waals surface area contributed by atoms with Crippen LogP contribution >= 0.6 is 0 Å². The van der Waals surface area contributed by atoms with E-state index < -0.39 is 13.9 Å². The van der Waals surface area contributed by atoms with Crippen molar-refractivity contribution >= 4 is 0 Å². The van der Waals surface area contributed by atoms with Crippen LogP contribution in [0.2, 0.25) is 0 Å². The second-order valence-corrected chi connectivity index (χ2v) is 1.56. The molecule has 0 aliphatic rings. The van der Waals surface area contributed by atoms with Crippen LogP contribution in [0.3, 0.4) is 0 Å². The van der Waals surface area contributed by atoms with E-state index in [2.05, 4.69) is 0 Å². The van der Waals surface area contributed by atoms with Gasteiger partial charge in [0.15, 0.2) is 0 Å². The summed E-state index contributed by atoms with van der Waals surface area (Å²) < 4.78 is 36.9. The summed E-state index contributed by atoms with van der Waals surface area (Å²) in [7, 11) is 0. The van der Waals surface area contributed by atoms with Gasteiger partial charge in [0.2, 0.25) is 0 Å². The number of hydrogen-bond donors (Lipinski definition) is 0. The Labute approximate surface area is 48.3 Å². The van der Waals surface area contributed by atoms with E-state index in [9.17, 15) is 7.05 Å². The molecule has 2 nitrogen and oxygen atoms in total. The van der Waals surface area contributed by atoms with Crippen molar-refractivity contribution in [2.75, 3.05) is 0 Å². The zero-order valence-corrected chi connectivity index (χ0v) is 6.93. The molecule has 0 atom stereocenters. The minimum absolute atomic E-state index is 0. The first-order valence-corrected chi connectivity index (χ1v) is 2.65. The van der Waals surface area contributed by atoms with Crippen LogP contribution in [0.4, 0.5) is 7.05 Å². The number of hydrogen-bond acceptors (Lipinski definition) is 2. The summed E-state index contributed by atoms with van der Waals surface area (Å²) in [6.45, 7) is 0. The molecule has 0 aliphatic carbocycles. The Balaban J connectivity index is 0. The molecule has 0 saturated carbocycles. The fourth-order valence-electron chi connectivity index (χ4n) is 0. The van der Waals surface area contributed by atoms with E-state index in [4.69, 9.17) is 7.61 Å². The molecule has 34 valence electrons. The van der Waals surface area contributed by atoms with E-state index in [-0.39, 0.29) is 19.5 Å². The largest absolute Gasteiger partial charge is 0 e. The minimum Gasteiger partial charge on any atom is 0 e. The maximum absolute atomic E-state index is 10.1. The van der Waals surface area contributed by atoms with Gasteiger partial charge in [-0.15, -0.1) is 0 Å². The quantitative estimate of drug-likeness (QED) is 0.520. The molecule has 0 bridgehead atoms. The van der Waals surface area contributed by atoms with Gasteiger partial charge in [-0.1, -0.05) is 0 Å². The van der Waals surface area contributed by atoms with Crippen molar-refractivity contribution in [3.05, 3.63) is 0 Å². The Morgan fingerprint density at radius 1 is 1.17 bits per heavy atom. The SMILES string of the molecule is [O]=[Cr](=[O])([F])[F].[Zn]. The normalized spacial score (nSPS) is 9.67. The van der Waals surface area contributed by atoms with Crippen LogP contribution in [-0.4, -0.2) is 0 Å². The molecule has 0 radical (unpaired) electrons. The third kappa shape index (κ3) is 159. The molecular weight excluding hydrogens is 187 g/mol. The molecule has 0 N–H and O–H groups in total. The second kappa shape index (κ2) is 2.73. The van der Waals surface area contributed by atoms with Crippen molar-refractivity contribution in [1.82, 2.24) is 0 Å². The van der Waals surface area contributed by atoms with Crippen molar-refractivity contribution in [2.24, 2.45) is 0 Å². The van der Waals surface area contributed by atoms with E-state index in [1.54, 1.807) is 0 Å². The summed E-state index contributed by atoms with van der Waals surface area (Å²) in [4.78, 5) is 0. The molecular formula is CrF2O2Zn. The Hall–Kier alpha value is 0.616. The molecule has 6 heteroatoms. The molecule has 0 heterocycles. The van der Waals surface area contributed by atoms with E-state index in [1.807, 2.05) is 0 Å². The van der Waals surface area contributed by atoms with Crippen LogP contribution in [-0.2, 0) is 41.0 Å². The molecule has 0 aromatic heterocycles. The van der Waals surface area contributed by atoms with Crippen molar-refractivity contribution in [2.45, 2.75) is 0 Å². The molecule has 0 spiro atoms. The summed E-state index contributed by atoms with van der Waals surface area (Å²) in [5.74, 6) is 0. The fraction of sp³-hybridized carbons (Fsp3) is 0. The molecule has 0 amide bonds. The van der Waals surface area contributed by atoms with Gasteiger partial charge in [-0.2, -0.15) is 0 Å². The predicted octanol–water partition coefficient (Wildman–Crippen LogP) is 0.598. The van der Waals surface area contributed by atoms with Crippen LogP contribution in [0.15, 0.2) is 0 Å². The smallest absolute Gasteiger partial charge is 0 e. The molecule has 0 rings (SSSR count). The van der Waals surface area contributed by atoms with Gasteiger partial charge in [-0.05, 0) is 0 Å². The van der Waals surface area contributed by atoms with Gasteiger partial charge in [-0.3, -0.25) is 0 Å². The van der Waals surface area contributed by atoms with Crippen molar-refractivity contribution in [1.29, 1.82) is 0 Å². The zero-order chi connectivity index (χ0) is 4.50. The first-order valence-electron chi connectivity index (χ1n) is 0.642. The minimum atomic E-state index is -6.25. The summed E-state index contributed by atoms with van der Waals surface area (Å²) in [5.41, 5.74) is 0. The predicted molar refractivity (Wildman–Crippen MR) is 3.59 cm³/mol. The van der Waals surface area contributed by atoms with Crippen molar-refractivity contribution in [3.8, 4) is 0 Å². The van der Waals surface area contributed by atoms with E-state index in [0.29, 0.717) is 0 Å². The van der Waals surface area contributed by atoms with Crippen molar-refractivity contribution < 1.29 is 48.0 Å². The Bertz CT molecular complexity index is 94.7. The van der Waals surface area contributed by atoms with Gasteiger partial charge in [0.05, 0.1) is 0 Å². The second-order valence-electron chi connectivity index (χ2n) is 0.378.